The summed E-state index contributed by atoms with van der Waals surface area (Å²) >= 11 is 0. The van der Waals surface area contributed by atoms with Crippen LogP contribution in [0, 0.1) is 0 Å². The third-order valence-electron chi connectivity index (χ3n) is 6.17. The number of hydrogen-bond donors (Lipinski definition) is 0. The summed E-state index contributed by atoms with van der Waals surface area (Å²) in [5.74, 6) is -0.141. The number of ether oxygens (including phenoxy) is 2. The zero-order valence-electron chi connectivity index (χ0n) is 20.2. The molecule has 0 saturated heterocycles. The normalized spacial score (nSPS) is 13.6. The molecule has 3 aromatic carbocycles. The molecule has 4 rings (SSSR count). The third kappa shape index (κ3) is 5.51. The lowest BCUT2D eigenvalue weighted by molar-refractivity contribution is -0.137. The van der Waals surface area contributed by atoms with E-state index in [1.165, 1.54) is 43.4 Å². The van der Waals surface area contributed by atoms with Gasteiger partial charge in [-0.1, -0.05) is 30.3 Å². The molecule has 1 aliphatic rings. The Bertz CT molecular complexity index is 1410. The zero-order chi connectivity index (χ0) is 26.8. The lowest BCUT2D eigenvalue weighted by atomic mass is 10.00. The van der Waals surface area contributed by atoms with Gasteiger partial charge < -0.3 is 14.4 Å². The molecule has 0 radical (unpaired) electrons. The lowest BCUT2D eigenvalue weighted by Crippen LogP contribution is -2.44. The van der Waals surface area contributed by atoms with Crippen molar-refractivity contribution in [1.82, 2.24) is 4.90 Å². The second-order valence-electron chi connectivity index (χ2n) is 8.41. The van der Waals surface area contributed by atoms with Crippen molar-refractivity contribution in [3.63, 3.8) is 0 Å². The first kappa shape index (κ1) is 26.3. The van der Waals surface area contributed by atoms with Gasteiger partial charge in [0.15, 0.2) is 11.5 Å². The first-order valence-electron chi connectivity index (χ1n) is 11.3. The van der Waals surface area contributed by atoms with Crippen LogP contribution in [-0.2, 0) is 34.0 Å². The van der Waals surface area contributed by atoms with Crippen LogP contribution in [0.2, 0.25) is 0 Å². The number of nitrogens with zero attached hydrogens (tertiary/aromatic N) is 2. The van der Waals surface area contributed by atoms with Crippen molar-refractivity contribution < 1.29 is 35.9 Å². The molecule has 1 amide bonds. The van der Waals surface area contributed by atoms with E-state index < -0.39 is 34.2 Å². The van der Waals surface area contributed by atoms with Crippen LogP contribution >= 0.6 is 0 Å². The summed E-state index contributed by atoms with van der Waals surface area (Å²) in [5, 5.41) is 0. The quantitative estimate of drug-likeness (QED) is 0.446. The van der Waals surface area contributed by atoms with Gasteiger partial charge in [0.25, 0.3) is 10.0 Å². The summed E-state index contributed by atoms with van der Waals surface area (Å²) in [6.07, 6.45) is -4.11. The smallest absolute Gasteiger partial charge is 0.416 e. The van der Waals surface area contributed by atoms with E-state index in [4.69, 9.17) is 9.47 Å². The molecule has 1 aliphatic heterocycles. The summed E-state index contributed by atoms with van der Waals surface area (Å²) in [6.45, 7) is -0.0370. The molecule has 7 nitrogen and oxygen atoms in total. The number of sulfonamides is 1. The van der Waals surface area contributed by atoms with Gasteiger partial charge in [-0.25, -0.2) is 8.42 Å². The highest BCUT2D eigenvalue weighted by Crippen LogP contribution is 2.35. The van der Waals surface area contributed by atoms with Gasteiger partial charge in [0.05, 0.1) is 30.4 Å². The Morgan fingerprint density at radius 2 is 1.65 bits per heavy atom. The van der Waals surface area contributed by atoms with E-state index in [0.29, 0.717) is 17.3 Å². The summed E-state index contributed by atoms with van der Waals surface area (Å²) in [5.41, 5.74) is 0.724. The number of fused-ring (bicyclic) bond motifs is 1. The number of carbonyl (C=O) groups is 1. The molecule has 196 valence electrons. The van der Waals surface area contributed by atoms with Crippen LogP contribution in [-0.4, -0.2) is 46.5 Å². The Balaban J connectivity index is 1.73. The van der Waals surface area contributed by atoms with E-state index in [-0.39, 0.29) is 28.6 Å². The number of alkyl halides is 3. The van der Waals surface area contributed by atoms with E-state index in [1.54, 1.807) is 0 Å². The Labute approximate surface area is 213 Å². The van der Waals surface area contributed by atoms with Gasteiger partial charge in [-0.15, -0.1) is 0 Å². The maximum Gasteiger partial charge on any atom is 0.416 e. The van der Waals surface area contributed by atoms with Crippen LogP contribution in [0.4, 0.5) is 18.9 Å². The summed E-state index contributed by atoms with van der Waals surface area (Å²) in [4.78, 5) is 14.6. The minimum absolute atomic E-state index is 0.117. The predicted octanol–water partition coefficient (Wildman–Crippen LogP) is 4.50. The number of rotatable bonds is 7. The van der Waals surface area contributed by atoms with Crippen molar-refractivity contribution in [2.75, 3.05) is 31.6 Å². The van der Waals surface area contributed by atoms with Gasteiger partial charge in [0, 0.05) is 19.2 Å². The Hall–Kier alpha value is -3.73. The van der Waals surface area contributed by atoms with Crippen molar-refractivity contribution in [2.45, 2.75) is 24.0 Å². The highest BCUT2D eigenvalue weighted by Gasteiger charge is 2.34. The molecule has 1 heterocycles. The third-order valence-corrected chi connectivity index (χ3v) is 7.94. The van der Waals surface area contributed by atoms with Crippen molar-refractivity contribution >= 4 is 21.6 Å². The molecule has 3 aromatic rings. The van der Waals surface area contributed by atoms with Crippen molar-refractivity contribution in [3.05, 3.63) is 83.4 Å². The first-order chi connectivity index (χ1) is 17.5. The Morgan fingerprint density at radius 1 is 0.946 bits per heavy atom. The molecular formula is C26H25F3N2O5S. The molecule has 0 fully saturated rings. The van der Waals surface area contributed by atoms with E-state index in [9.17, 15) is 26.4 Å². The molecule has 0 bridgehead atoms. The molecule has 0 atom stereocenters. The van der Waals surface area contributed by atoms with Gasteiger partial charge in [0.1, 0.15) is 6.54 Å². The molecule has 0 N–H and O–H groups in total. The van der Waals surface area contributed by atoms with E-state index in [2.05, 4.69) is 0 Å². The van der Waals surface area contributed by atoms with Crippen molar-refractivity contribution in [2.24, 2.45) is 0 Å². The lowest BCUT2D eigenvalue weighted by Gasteiger charge is -2.32. The van der Waals surface area contributed by atoms with E-state index >= 15 is 0 Å². The number of halogens is 3. The summed E-state index contributed by atoms with van der Waals surface area (Å²) in [6, 6.07) is 15.3. The number of hydrogen-bond acceptors (Lipinski definition) is 5. The SMILES string of the molecule is COc1ccc(S(=O)(=O)N(CC(=O)N2CCc3ccccc3C2)c2cccc(C(F)(F)F)c2)cc1OC. The van der Waals surface area contributed by atoms with Gasteiger partial charge >= 0.3 is 6.18 Å². The summed E-state index contributed by atoms with van der Waals surface area (Å²) in [7, 11) is -1.77. The van der Waals surface area contributed by atoms with Crippen LogP contribution in [0.25, 0.3) is 0 Å². The van der Waals surface area contributed by atoms with Crippen LogP contribution in [0.3, 0.4) is 0 Å². The molecule has 0 aliphatic carbocycles. The van der Waals surface area contributed by atoms with E-state index in [1.807, 2.05) is 24.3 Å². The standard InChI is InChI=1S/C26H25F3N2O5S/c1-35-23-11-10-22(15-24(23)36-2)37(33,34)31(21-9-5-8-20(14-21)26(27,28)29)17-25(32)30-13-12-18-6-3-4-7-19(18)16-30/h3-11,14-15H,12-13,16-17H2,1-2H3. The van der Waals surface area contributed by atoms with Gasteiger partial charge in [-0.2, -0.15) is 13.2 Å². The maximum atomic E-state index is 13.8. The van der Waals surface area contributed by atoms with Crippen molar-refractivity contribution in [1.29, 1.82) is 0 Å². The largest absolute Gasteiger partial charge is 0.493 e. The monoisotopic (exact) mass is 534 g/mol. The molecule has 0 aromatic heterocycles. The highest BCUT2D eigenvalue weighted by atomic mass is 32.2. The summed E-state index contributed by atoms with van der Waals surface area (Å²) < 4.78 is 78.9. The molecule has 0 unspecified atom stereocenters. The second kappa shape index (κ2) is 10.3. The van der Waals surface area contributed by atoms with Gasteiger partial charge in [-0.05, 0) is 47.9 Å². The van der Waals surface area contributed by atoms with Gasteiger partial charge in [-0.3, -0.25) is 9.10 Å². The van der Waals surface area contributed by atoms with Crippen LogP contribution < -0.4 is 13.8 Å². The number of carbonyl (C=O) groups excluding carboxylic acids is 1. The number of amides is 1. The minimum atomic E-state index is -4.70. The minimum Gasteiger partial charge on any atom is -0.493 e. The molecule has 0 saturated carbocycles. The first-order valence-corrected chi connectivity index (χ1v) is 12.7. The van der Waals surface area contributed by atoms with Crippen LogP contribution in [0.1, 0.15) is 16.7 Å². The number of anilines is 1. The van der Waals surface area contributed by atoms with Crippen molar-refractivity contribution in [3.8, 4) is 11.5 Å². The van der Waals surface area contributed by atoms with Gasteiger partial charge in [0.2, 0.25) is 5.91 Å². The maximum absolute atomic E-state index is 13.8. The molecule has 37 heavy (non-hydrogen) atoms. The molecular weight excluding hydrogens is 509 g/mol. The average Bonchev–Trinajstić information content (AvgIpc) is 2.90. The molecule has 0 spiro atoms. The zero-order valence-corrected chi connectivity index (χ0v) is 21.0. The molecule has 11 heteroatoms. The number of methoxy groups -OCH3 is 2. The Morgan fingerprint density at radius 3 is 2.32 bits per heavy atom. The van der Waals surface area contributed by atoms with Crippen LogP contribution in [0.5, 0.6) is 11.5 Å². The average molecular weight is 535 g/mol. The second-order valence-corrected chi connectivity index (χ2v) is 10.3. The topological polar surface area (TPSA) is 76.2 Å². The fraction of sp³-hybridized carbons (Fsp3) is 0.269. The fourth-order valence-corrected chi connectivity index (χ4v) is 5.61. The fourth-order valence-electron chi connectivity index (χ4n) is 4.19. The highest BCUT2D eigenvalue weighted by molar-refractivity contribution is 7.92. The number of benzene rings is 3. The predicted molar refractivity (Wildman–Crippen MR) is 131 cm³/mol. The van der Waals surface area contributed by atoms with E-state index in [0.717, 1.165) is 29.3 Å². The van der Waals surface area contributed by atoms with Crippen LogP contribution in [0.15, 0.2) is 71.6 Å². The Kier molecular flexibility index (Phi) is 7.35.